The van der Waals surface area contributed by atoms with Gasteiger partial charge in [-0.3, -0.25) is 0 Å². The van der Waals surface area contributed by atoms with Gasteiger partial charge in [0.1, 0.15) is 5.60 Å². The maximum absolute atomic E-state index is 6.15. The van der Waals surface area contributed by atoms with Gasteiger partial charge in [-0.2, -0.15) is 0 Å². The lowest BCUT2D eigenvalue weighted by molar-refractivity contribution is 0.0141. The molecule has 1 fully saturated rings. The van der Waals surface area contributed by atoms with E-state index in [0.29, 0.717) is 6.61 Å². The molecule has 0 amide bonds. The molecule has 1 aliphatic rings. The summed E-state index contributed by atoms with van der Waals surface area (Å²) in [6, 6.07) is 20.7. The molecule has 1 saturated heterocycles. The number of hydrogen-bond acceptors (Lipinski definition) is 2. The molecule has 1 heterocycles. The molecule has 2 atom stereocenters. The van der Waals surface area contributed by atoms with Crippen molar-refractivity contribution in [1.29, 1.82) is 0 Å². The first-order valence-electron chi connectivity index (χ1n) is 9.01. The van der Waals surface area contributed by atoms with E-state index < -0.39 is 5.60 Å². The third kappa shape index (κ3) is 5.46. The van der Waals surface area contributed by atoms with E-state index in [4.69, 9.17) is 9.47 Å². The fraction of sp³-hybridized carbons (Fsp3) is 0.391. The van der Waals surface area contributed by atoms with Crippen LogP contribution in [0.5, 0.6) is 0 Å². The highest BCUT2D eigenvalue weighted by atomic mass is 16.5. The van der Waals surface area contributed by atoms with Crippen molar-refractivity contribution in [1.82, 2.24) is 0 Å². The average Bonchev–Trinajstić information content (AvgIpc) is 3.11. The molecule has 3 rings (SSSR count). The molecule has 0 saturated carbocycles. The predicted molar refractivity (Wildman–Crippen MR) is 101 cm³/mol. The molecule has 0 radical (unpaired) electrons. The van der Waals surface area contributed by atoms with Gasteiger partial charge in [0.25, 0.3) is 0 Å². The Balaban J connectivity index is 1.47. The lowest BCUT2D eigenvalue weighted by Gasteiger charge is -2.19. The van der Waals surface area contributed by atoms with Crippen LogP contribution < -0.4 is 0 Å². The van der Waals surface area contributed by atoms with Crippen LogP contribution in [0.25, 0.3) is 0 Å². The standard InChI is InChI=1S/C23H26O2/c1-23(2,24-18-19-10-5-3-6-11-19)17-9-14-21-15-16-22(25-21)20-12-7-4-8-13-20/h3-8,10-13,21-22H,14-16,18H2,1-2H3. The topological polar surface area (TPSA) is 18.5 Å². The summed E-state index contributed by atoms with van der Waals surface area (Å²) in [5.41, 5.74) is 1.99. The van der Waals surface area contributed by atoms with Crippen LogP contribution in [-0.2, 0) is 16.1 Å². The van der Waals surface area contributed by atoms with E-state index in [1.165, 1.54) is 11.1 Å². The minimum absolute atomic E-state index is 0.218. The first-order valence-corrected chi connectivity index (χ1v) is 9.01. The van der Waals surface area contributed by atoms with Crippen molar-refractivity contribution in [2.75, 3.05) is 0 Å². The Kier molecular flexibility index (Phi) is 5.91. The van der Waals surface area contributed by atoms with E-state index in [0.717, 1.165) is 19.3 Å². The zero-order chi connectivity index (χ0) is 17.5. The summed E-state index contributed by atoms with van der Waals surface area (Å²) in [6.07, 6.45) is 3.35. The van der Waals surface area contributed by atoms with Crippen molar-refractivity contribution in [3.63, 3.8) is 0 Å². The summed E-state index contributed by atoms with van der Waals surface area (Å²) in [6.45, 7) is 4.62. The molecule has 130 valence electrons. The minimum Gasteiger partial charge on any atom is -0.369 e. The molecule has 0 bridgehead atoms. The molecule has 0 aliphatic carbocycles. The van der Waals surface area contributed by atoms with Crippen LogP contribution in [0.4, 0.5) is 0 Å². The highest BCUT2D eigenvalue weighted by Crippen LogP contribution is 2.33. The highest BCUT2D eigenvalue weighted by Gasteiger charge is 2.25. The van der Waals surface area contributed by atoms with Crippen molar-refractivity contribution < 1.29 is 9.47 Å². The fourth-order valence-electron chi connectivity index (χ4n) is 3.02. The van der Waals surface area contributed by atoms with Gasteiger partial charge in [0.2, 0.25) is 0 Å². The van der Waals surface area contributed by atoms with Gasteiger partial charge >= 0.3 is 0 Å². The second-order valence-corrected chi connectivity index (χ2v) is 7.03. The van der Waals surface area contributed by atoms with E-state index in [-0.39, 0.29) is 12.2 Å². The normalized spacial score (nSPS) is 20.1. The number of benzene rings is 2. The first-order chi connectivity index (χ1) is 12.1. The van der Waals surface area contributed by atoms with E-state index in [1.54, 1.807) is 0 Å². The van der Waals surface area contributed by atoms with Crippen LogP contribution in [0.3, 0.4) is 0 Å². The molecule has 2 nitrogen and oxygen atoms in total. The Morgan fingerprint density at radius 2 is 1.68 bits per heavy atom. The summed E-state index contributed by atoms with van der Waals surface area (Å²) < 4.78 is 12.1. The third-order valence-corrected chi connectivity index (χ3v) is 4.44. The van der Waals surface area contributed by atoms with Crippen molar-refractivity contribution in [3.05, 3.63) is 71.8 Å². The maximum Gasteiger partial charge on any atom is 0.123 e. The van der Waals surface area contributed by atoms with Crippen LogP contribution in [0.1, 0.15) is 50.3 Å². The van der Waals surface area contributed by atoms with Gasteiger partial charge in [-0.15, -0.1) is 0 Å². The Morgan fingerprint density at radius 3 is 2.40 bits per heavy atom. The van der Waals surface area contributed by atoms with Crippen LogP contribution >= 0.6 is 0 Å². The van der Waals surface area contributed by atoms with Crippen LogP contribution in [0, 0.1) is 11.8 Å². The number of hydrogen-bond donors (Lipinski definition) is 0. The molecule has 25 heavy (non-hydrogen) atoms. The molecular weight excluding hydrogens is 308 g/mol. The largest absolute Gasteiger partial charge is 0.369 e. The van der Waals surface area contributed by atoms with Crippen molar-refractivity contribution in [2.24, 2.45) is 0 Å². The predicted octanol–water partition coefficient (Wildman–Crippen LogP) is 5.30. The molecule has 2 aromatic carbocycles. The minimum atomic E-state index is -0.451. The van der Waals surface area contributed by atoms with Crippen molar-refractivity contribution >= 4 is 0 Å². The lowest BCUT2D eigenvalue weighted by atomic mass is 10.1. The van der Waals surface area contributed by atoms with Crippen molar-refractivity contribution in [3.8, 4) is 11.8 Å². The molecular formula is C23H26O2. The number of rotatable bonds is 5. The Labute approximate surface area is 151 Å². The SMILES string of the molecule is CC(C)(C#CCC1CCC(c2ccccc2)O1)OCc1ccccc1. The van der Waals surface area contributed by atoms with Crippen LogP contribution in [0.2, 0.25) is 0 Å². The second-order valence-electron chi connectivity index (χ2n) is 7.03. The first kappa shape index (κ1) is 17.7. The smallest absolute Gasteiger partial charge is 0.123 e. The zero-order valence-corrected chi connectivity index (χ0v) is 15.1. The quantitative estimate of drug-likeness (QED) is 0.691. The van der Waals surface area contributed by atoms with Gasteiger partial charge in [-0.05, 0) is 37.8 Å². The van der Waals surface area contributed by atoms with E-state index in [1.807, 2.05) is 38.1 Å². The summed E-state index contributed by atoms with van der Waals surface area (Å²) in [5, 5.41) is 0. The second kappa shape index (κ2) is 8.34. The molecule has 1 aliphatic heterocycles. The molecule has 0 spiro atoms. The average molecular weight is 334 g/mol. The van der Waals surface area contributed by atoms with Gasteiger partial charge in [-0.1, -0.05) is 72.5 Å². The summed E-state index contributed by atoms with van der Waals surface area (Å²) >= 11 is 0. The lowest BCUT2D eigenvalue weighted by Crippen LogP contribution is -2.22. The molecule has 0 aromatic heterocycles. The van der Waals surface area contributed by atoms with Gasteiger partial charge in [-0.25, -0.2) is 0 Å². The number of ether oxygens (including phenoxy) is 2. The van der Waals surface area contributed by atoms with Crippen LogP contribution in [0.15, 0.2) is 60.7 Å². The van der Waals surface area contributed by atoms with E-state index in [9.17, 15) is 0 Å². The Morgan fingerprint density at radius 1 is 1.00 bits per heavy atom. The monoisotopic (exact) mass is 334 g/mol. The Bertz CT molecular complexity index is 710. The molecule has 2 heteroatoms. The molecule has 0 N–H and O–H groups in total. The fourth-order valence-corrected chi connectivity index (χ4v) is 3.02. The maximum atomic E-state index is 6.15. The van der Waals surface area contributed by atoms with Gasteiger partial charge in [0.05, 0.1) is 18.8 Å². The van der Waals surface area contributed by atoms with Crippen LogP contribution in [-0.4, -0.2) is 11.7 Å². The Hall–Kier alpha value is -2.08. The van der Waals surface area contributed by atoms with Crippen molar-refractivity contribution in [2.45, 2.75) is 57.5 Å². The van der Waals surface area contributed by atoms with Gasteiger partial charge in [0, 0.05) is 6.42 Å². The summed E-state index contributed by atoms with van der Waals surface area (Å²) in [7, 11) is 0. The summed E-state index contributed by atoms with van der Waals surface area (Å²) in [5.74, 6) is 6.53. The van der Waals surface area contributed by atoms with Gasteiger partial charge in [0.15, 0.2) is 0 Å². The molecule has 2 unspecified atom stereocenters. The zero-order valence-electron chi connectivity index (χ0n) is 15.1. The summed E-state index contributed by atoms with van der Waals surface area (Å²) in [4.78, 5) is 0. The van der Waals surface area contributed by atoms with E-state index >= 15 is 0 Å². The van der Waals surface area contributed by atoms with E-state index in [2.05, 4.69) is 48.2 Å². The molecule has 2 aromatic rings. The third-order valence-electron chi connectivity index (χ3n) is 4.44. The highest BCUT2D eigenvalue weighted by molar-refractivity contribution is 5.19. The van der Waals surface area contributed by atoms with Gasteiger partial charge < -0.3 is 9.47 Å².